The number of carbonyl (C=O) groups is 1. The van der Waals surface area contributed by atoms with Crippen molar-refractivity contribution in [1.82, 2.24) is 19.9 Å². The van der Waals surface area contributed by atoms with Crippen molar-refractivity contribution in [3.05, 3.63) is 66.1 Å². The maximum Gasteiger partial charge on any atom is 0.407 e. The van der Waals surface area contributed by atoms with Gasteiger partial charge in [0.25, 0.3) is 0 Å². The monoisotopic (exact) mass is 424 g/mol. The summed E-state index contributed by atoms with van der Waals surface area (Å²) in [6.45, 7) is 7.14. The van der Waals surface area contributed by atoms with Gasteiger partial charge < -0.3 is 14.7 Å². The summed E-state index contributed by atoms with van der Waals surface area (Å²) >= 11 is 0. The average Bonchev–Trinajstić information content (AvgIpc) is 3.24. The number of hydrogen-bond acceptors (Lipinski definition) is 4. The lowest BCUT2D eigenvalue weighted by molar-refractivity contribution is -0.166. The van der Waals surface area contributed by atoms with E-state index in [1.165, 1.54) is 17.0 Å². The van der Waals surface area contributed by atoms with Crippen LogP contribution in [0.15, 0.2) is 54.7 Å². The highest BCUT2D eigenvalue weighted by Crippen LogP contribution is 2.45. The number of rotatable bonds is 3. The Kier molecular flexibility index (Phi) is 5.26. The van der Waals surface area contributed by atoms with E-state index in [-0.39, 0.29) is 17.8 Å². The minimum Gasteiger partial charge on any atom is -0.465 e. The van der Waals surface area contributed by atoms with Crippen LogP contribution in [-0.4, -0.2) is 50.8 Å². The second-order valence-corrected chi connectivity index (χ2v) is 8.73. The number of amides is 1. The molecular formula is C23H25FN4O3. The van der Waals surface area contributed by atoms with Crippen molar-refractivity contribution in [3.8, 4) is 16.9 Å². The smallest absolute Gasteiger partial charge is 0.407 e. The van der Waals surface area contributed by atoms with Gasteiger partial charge in [-0.3, -0.25) is 0 Å². The van der Waals surface area contributed by atoms with Crippen LogP contribution in [0, 0.1) is 11.2 Å². The molecule has 2 heterocycles. The van der Waals surface area contributed by atoms with E-state index >= 15 is 0 Å². The van der Waals surface area contributed by atoms with Gasteiger partial charge in [-0.2, -0.15) is 0 Å². The molecule has 1 fully saturated rings. The molecule has 0 radical (unpaired) electrons. The number of hydrogen-bond donors (Lipinski definition) is 1. The Morgan fingerprint density at radius 3 is 2.42 bits per heavy atom. The first-order valence-electron chi connectivity index (χ1n) is 10.1. The SMILES string of the molecule is CC(C)(C)C1(c2ccc(-c3cn(-c4ccc(F)cc4)nn3)cc2)CN(C(=O)O)CCO1. The van der Waals surface area contributed by atoms with Crippen molar-refractivity contribution >= 4 is 6.09 Å². The molecule has 1 aromatic heterocycles. The zero-order chi connectivity index (χ0) is 22.2. The van der Waals surface area contributed by atoms with Gasteiger partial charge in [-0.15, -0.1) is 5.10 Å². The number of halogens is 1. The Labute approximate surface area is 180 Å². The van der Waals surface area contributed by atoms with Crippen LogP contribution in [0.5, 0.6) is 0 Å². The molecule has 1 N–H and O–H groups in total. The van der Waals surface area contributed by atoms with E-state index in [4.69, 9.17) is 4.74 Å². The summed E-state index contributed by atoms with van der Waals surface area (Å²) in [5.41, 5.74) is 2.10. The van der Waals surface area contributed by atoms with Crippen molar-refractivity contribution in [3.63, 3.8) is 0 Å². The van der Waals surface area contributed by atoms with Crippen LogP contribution in [-0.2, 0) is 10.3 Å². The number of carboxylic acid groups (broad SMARTS) is 1. The molecule has 7 nitrogen and oxygen atoms in total. The van der Waals surface area contributed by atoms with E-state index < -0.39 is 11.7 Å². The van der Waals surface area contributed by atoms with Gasteiger partial charge >= 0.3 is 6.09 Å². The summed E-state index contributed by atoms with van der Waals surface area (Å²) in [4.78, 5) is 13.0. The molecule has 1 saturated heterocycles. The lowest BCUT2D eigenvalue weighted by Gasteiger charge is -2.50. The second-order valence-electron chi connectivity index (χ2n) is 8.73. The van der Waals surface area contributed by atoms with Crippen LogP contribution in [0.3, 0.4) is 0 Å². The number of benzene rings is 2. The first-order chi connectivity index (χ1) is 14.7. The predicted molar refractivity (Wildman–Crippen MR) is 113 cm³/mol. The van der Waals surface area contributed by atoms with Crippen molar-refractivity contribution in [2.24, 2.45) is 5.41 Å². The molecule has 1 atom stereocenters. The fraction of sp³-hybridized carbons (Fsp3) is 0.348. The molecule has 0 bridgehead atoms. The Hall–Kier alpha value is -3.26. The molecule has 0 aliphatic carbocycles. The van der Waals surface area contributed by atoms with Crippen LogP contribution in [0.4, 0.5) is 9.18 Å². The number of aromatic nitrogens is 3. The van der Waals surface area contributed by atoms with Gasteiger partial charge in [-0.05, 0) is 35.2 Å². The third kappa shape index (κ3) is 3.90. The normalized spacial score (nSPS) is 19.4. The van der Waals surface area contributed by atoms with Gasteiger partial charge in [0, 0.05) is 12.1 Å². The topological polar surface area (TPSA) is 80.5 Å². The molecular weight excluding hydrogens is 399 g/mol. The maximum atomic E-state index is 13.2. The minimum atomic E-state index is -0.939. The Morgan fingerprint density at radius 1 is 1.13 bits per heavy atom. The predicted octanol–water partition coefficient (Wildman–Crippen LogP) is 4.33. The van der Waals surface area contributed by atoms with Gasteiger partial charge in [-0.25, -0.2) is 13.9 Å². The summed E-state index contributed by atoms with van der Waals surface area (Å²) in [7, 11) is 0. The molecule has 0 saturated carbocycles. The third-order valence-electron chi connectivity index (χ3n) is 5.84. The molecule has 4 rings (SSSR count). The molecule has 1 aliphatic rings. The van der Waals surface area contributed by atoms with Crippen LogP contribution in [0.25, 0.3) is 16.9 Å². The highest BCUT2D eigenvalue weighted by atomic mass is 19.1. The molecule has 0 spiro atoms. The van der Waals surface area contributed by atoms with E-state index in [2.05, 4.69) is 31.1 Å². The molecule has 2 aromatic carbocycles. The van der Waals surface area contributed by atoms with Gasteiger partial charge in [0.15, 0.2) is 0 Å². The van der Waals surface area contributed by atoms with Gasteiger partial charge in [-0.1, -0.05) is 50.3 Å². The molecule has 1 amide bonds. The number of nitrogens with zero attached hydrogens (tertiary/aromatic N) is 4. The molecule has 31 heavy (non-hydrogen) atoms. The van der Waals surface area contributed by atoms with Crippen molar-refractivity contribution in [2.45, 2.75) is 26.4 Å². The van der Waals surface area contributed by atoms with Crippen molar-refractivity contribution in [2.75, 3.05) is 19.7 Å². The van der Waals surface area contributed by atoms with E-state index in [9.17, 15) is 14.3 Å². The highest BCUT2D eigenvalue weighted by molar-refractivity contribution is 5.65. The Balaban J connectivity index is 1.64. The van der Waals surface area contributed by atoms with Crippen LogP contribution >= 0.6 is 0 Å². The summed E-state index contributed by atoms with van der Waals surface area (Å²) < 4.78 is 21.0. The maximum absolute atomic E-state index is 13.2. The van der Waals surface area contributed by atoms with Crippen LogP contribution in [0.1, 0.15) is 26.3 Å². The quantitative estimate of drug-likeness (QED) is 0.677. The minimum absolute atomic E-state index is 0.270. The van der Waals surface area contributed by atoms with E-state index in [1.807, 2.05) is 24.3 Å². The molecule has 1 aliphatic heterocycles. The summed E-state index contributed by atoms with van der Waals surface area (Å²) in [6.07, 6.45) is 0.844. The Morgan fingerprint density at radius 2 is 1.81 bits per heavy atom. The highest BCUT2D eigenvalue weighted by Gasteiger charge is 2.48. The van der Waals surface area contributed by atoms with Crippen molar-refractivity contribution < 1.29 is 19.0 Å². The van der Waals surface area contributed by atoms with Gasteiger partial charge in [0.2, 0.25) is 0 Å². The van der Waals surface area contributed by atoms with Crippen LogP contribution < -0.4 is 0 Å². The fourth-order valence-electron chi connectivity index (χ4n) is 3.97. The third-order valence-corrected chi connectivity index (χ3v) is 5.84. The van der Waals surface area contributed by atoms with E-state index in [1.54, 1.807) is 23.0 Å². The van der Waals surface area contributed by atoms with Crippen molar-refractivity contribution in [1.29, 1.82) is 0 Å². The standard InChI is InChI=1S/C23H25FN4O3/c1-22(2,3)23(15-27(21(29)30)12-13-31-23)17-6-4-16(5-7-17)20-14-28(26-25-20)19-10-8-18(24)9-11-19/h4-11,14H,12-13,15H2,1-3H3,(H,29,30). The Bertz CT molecular complexity index is 1070. The zero-order valence-corrected chi connectivity index (χ0v) is 17.7. The largest absolute Gasteiger partial charge is 0.465 e. The molecule has 1 unspecified atom stereocenters. The van der Waals surface area contributed by atoms with Gasteiger partial charge in [0.05, 0.1) is 25.0 Å². The summed E-state index contributed by atoms with van der Waals surface area (Å²) in [5, 5.41) is 17.9. The van der Waals surface area contributed by atoms with Gasteiger partial charge in [0.1, 0.15) is 17.1 Å². The van der Waals surface area contributed by atoms with Crippen LogP contribution in [0.2, 0.25) is 0 Å². The lowest BCUT2D eigenvalue weighted by Crippen LogP contribution is -2.57. The first kappa shape index (κ1) is 21.0. The molecule has 162 valence electrons. The zero-order valence-electron chi connectivity index (χ0n) is 17.7. The lowest BCUT2D eigenvalue weighted by atomic mass is 9.71. The number of ether oxygens (including phenoxy) is 1. The fourth-order valence-corrected chi connectivity index (χ4v) is 3.97. The van der Waals surface area contributed by atoms with E-state index in [0.717, 1.165) is 11.1 Å². The number of morpholine rings is 1. The molecule has 8 heteroatoms. The summed E-state index contributed by atoms with van der Waals surface area (Å²) in [5.74, 6) is -0.307. The first-order valence-corrected chi connectivity index (χ1v) is 10.1. The molecule has 3 aromatic rings. The average molecular weight is 424 g/mol. The van der Waals surface area contributed by atoms with E-state index in [0.29, 0.717) is 24.5 Å². The second kappa shape index (κ2) is 7.77. The summed E-state index contributed by atoms with van der Waals surface area (Å²) in [6, 6.07) is 13.8.